The van der Waals surface area contributed by atoms with Crippen LogP contribution in [0, 0.1) is 0 Å². The van der Waals surface area contributed by atoms with Gasteiger partial charge in [-0.05, 0) is 13.8 Å². The Morgan fingerprint density at radius 2 is 2.40 bits per heavy atom. The summed E-state index contributed by atoms with van der Waals surface area (Å²) in [6.45, 7) is 5.65. The van der Waals surface area contributed by atoms with Gasteiger partial charge in [-0.3, -0.25) is 4.99 Å². The van der Waals surface area contributed by atoms with Gasteiger partial charge in [-0.2, -0.15) is 0 Å². The summed E-state index contributed by atoms with van der Waals surface area (Å²) in [5, 5.41) is 1.28. The first-order chi connectivity index (χ1) is 4.79. The monoisotopic (exact) mass is 156 g/mol. The minimum absolute atomic E-state index is 0.516. The average Bonchev–Trinajstić information content (AvgIpc) is 2.41. The van der Waals surface area contributed by atoms with E-state index in [9.17, 15) is 0 Å². The Bertz CT molecular complexity index is 178. The molecule has 2 aliphatic rings. The lowest BCUT2D eigenvalue weighted by molar-refractivity contribution is 0.357. The zero-order chi connectivity index (χ0) is 7.14. The number of nitrogens with zero attached hydrogens (tertiary/aromatic N) is 2. The van der Waals surface area contributed by atoms with Crippen molar-refractivity contribution < 1.29 is 0 Å². The van der Waals surface area contributed by atoms with Crippen LogP contribution < -0.4 is 0 Å². The SMILES string of the molecule is CC1N=C2SCCN2C1C. The summed E-state index contributed by atoms with van der Waals surface area (Å²) in [6, 6.07) is 1.16. The van der Waals surface area contributed by atoms with Crippen LogP contribution in [0.5, 0.6) is 0 Å². The molecule has 2 rings (SSSR count). The molecular formula is C7H12N2S. The maximum absolute atomic E-state index is 4.54. The topological polar surface area (TPSA) is 15.6 Å². The largest absolute Gasteiger partial charge is 0.346 e. The molecule has 0 aromatic carbocycles. The first-order valence-corrected chi connectivity index (χ1v) is 4.75. The third-order valence-electron chi connectivity index (χ3n) is 2.31. The van der Waals surface area contributed by atoms with Crippen molar-refractivity contribution in [1.82, 2.24) is 4.90 Å². The van der Waals surface area contributed by atoms with Crippen LogP contribution in [0.3, 0.4) is 0 Å². The lowest BCUT2D eigenvalue weighted by atomic mass is 10.2. The summed E-state index contributed by atoms with van der Waals surface area (Å²) >= 11 is 1.90. The highest BCUT2D eigenvalue weighted by molar-refractivity contribution is 8.14. The fourth-order valence-electron chi connectivity index (χ4n) is 1.45. The fourth-order valence-corrected chi connectivity index (χ4v) is 2.58. The van der Waals surface area contributed by atoms with Gasteiger partial charge in [0, 0.05) is 12.3 Å². The molecule has 0 aliphatic carbocycles. The number of hydrogen-bond donors (Lipinski definition) is 0. The second-order valence-electron chi connectivity index (χ2n) is 2.93. The van der Waals surface area contributed by atoms with Crippen molar-refractivity contribution >= 4 is 16.9 Å². The van der Waals surface area contributed by atoms with Crippen molar-refractivity contribution in [3.63, 3.8) is 0 Å². The molecule has 0 radical (unpaired) electrons. The van der Waals surface area contributed by atoms with Gasteiger partial charge >= 0.3 is 0 Å². The molecule has 56 valence electrons. The zero-order valence-corrected chi connectivity index (χ0v) is 7.19. The summed E-state index contributed by atoms with van der Waals surface area (Å²) in [5.74, 6) is 1.23. The molecule has 0 spiro atoms. The predicted octanol–water partition coefficient (Wildman–Crippen LogP) is 1.18. The maximum Gasteiger partial charge on any atom is 0.159 e. The van der Waals surface area contributed by atoms with Crippen LogP contribution in [0.25, 0.3) is 0 Å². The Hall–Kier alpha value is -0.180. The third kappa shape index (κ3) is 0.764. The Kier molecular flexibility index (Phi) is 1.41. The number of thioether (sulfide) groups is 1. The smallest absolute Gasteiger partial charge is 0.159 e. The molecule has 2 aliphatic heterocycles. The number of hydrogen-bond acceptors (Lipinski definition) is 3. The molecule has 2 nitrogen and oxygen atoms in total. The molecule has 3 heteroatoms. The molecular weight excluding hydrogens is 144 g/mol. The van der Waals surface area contributed by atoms with Gasteiger partial charge in [0.1, 0.15) is 0 Å². The van der Waals surface area contributed by atoms with Crippen LogP contribution in [0.15, 0.2) is 4.99 Å². The molecule has 0 N–H and O–H groups in total. The van der Waals surface area contributed by atoms with Gasteiger partial charge in [0.05, 0.1) is 12.1 Å². The number of rotatable bonds is 0. The van der Waals surface area contributed by atoms with E-state index >= 15 is 0 Å². The van der Waals surface area contributed by atoms with Crippen LogP contribution in [-0.2, 0) is 0 Å². The molecule has 2 heterocycles. The van der Waals surface area contributed by atoms with E-state index in [-0.39, 0.29) is 0 Å². The van der Waals surface area contributed by atoms with E-state index in [1.807, 2.05) is 11.8 Å². The first-order valence-electron chi connectivity index (χ1n) is 3.76. The van der Waals surface area contributed by atoms with Gasteiger partial charge in [-0.25, -0.2) is 0 Å². The molecule has 0 aromatic heterocycles. The summed E-state index contributed by atoms with van der Waals surface area (Å²) in [5.41, 5.74) is 0. The molecule has 2 atom stereocenters. The highest BCUT2D eigenvalue weighted by Gasteiger charge is 2.33. The van der Waals surface area contributed by atoms with E-state index in [2.05, 4.69) is 23.7 Å². The van der Waals surface area contributed by atoms with Crippen molar-refractivity contribution in [1.29, 1.82) is 0 Å². The van der Waals surface area contributed by atoms with E-state index < -0.39 is 0 Å². The molecule has 0 bridgehead atoms. The van der Waals surface area contributed by atoms with Crippen LogP contribution in [0.4, 0.5) is 0 Å². The van der Waals surface area contributed by atoms with Crippen molar-refractivity contribution in [3.05, 3.63) is 0 Å². The number of fused-ring (bicyclic) bond motifs is 1. The molecule has 10 heavy (non-hydrogen) atoms. The Balaban J connectivity index is 2.22. The van der Waals surface area contributed by atoms with Crippen LogP contribution in [-0.4, -0.2) is 34.4 Å². The van der Waals surface area contributed by atoms with Gasteiger partial charge in [-0.1, -0.05) is 11.8 Å². The fraction of sp³-hybridized carbons (Fsp3) is 0.857. The standard InChI is InChI=1S/C7H12N2S/c1-5-6(2)9-3-4-10-7(9)8-5/h5-6H,3-4H2,1-2H3. The average molecular weight is 156 g/mol. The van der Waals surface area contributed by atoms with Gasteiger partial charge in [0.2, 0.25) is 0 Å². The lowest BCUT2D eigenvalue weighted by Gasteiger charge is -2.19. The normalized spacial score (nSPS) is 38.2. The summed E-state index contributed by atoms with van der Waals surface area (Å²) in [7, 11) is 0. The Morgan fingerprint density at radius 3 is 3.10 bits per heavy atom. The third-order valence-corrected chi connectivity index (χ3v) is 3.30. The summed E-state index contributed by atoms with van der Waals surface area (Å²) < 4.78 is 0. The van der Waals surface area contributed by atoms with Crippen LogP contribution >= 0.6 is 11.8 Å². The quantitative estimate of drug-likeness (QED) is 0.523. The van der Waals surface area contributed by atoms with Crippen LogP contribution in [0.2, 0.25) is 0 Å². The zero-order valence-electron chi connectivity index (χ0n) is 6.37. The van der Waals surface area contributed by atoms with E-state index in [0.717, 1.165) is 0 Å². The second kappa shape index (κ2) is 2.16. The van der Waals surface area contributed by atoms with Crippen molar-refractivity contribution in [2.24, 2.45) is 4.99 Å². The molecule has 0 aromatic rings. The van der Waals surface area contributed by atoms with E-state index in [4.69, 9.17) is 0 Å². The van der Waals surface area contributed by atoms with E-state index in [1.165, 1.54) is 17.5 Å². The molecule has 1 fully saturated rings. The highest BCUT2D eigenvalue weighted by Crippen LogP contribution is 2.28. The minimum atomic E-state index is 0.516. The maximum atomic E-state index is 4.54. The predicted molar refractivity (Wildman–Crippen MR) is 45.5 cm³/mol. The van der Waals surface area contributed by atoms with Gasteiger partial charge < -0.3 is 4.90 Å². The van der Waals surface area contributed by atoms with Gasteiger partial charge in [-0.15, -0.1) is 0 Å². The van der Waals surface area contributed by atoms with E-state index in [0.29, 0.717) is 12.1 Å². The first kappa shape index (κ1) is 6.53. The molecule has 0 amide bonds. The van der Waals surface area contributed by atoms with Gasteiger partial charge in [0.15, 0.2) is 5.17 Å². The summed E-state index contributed by atoms with van der Waals surface area (Å²) in [6.07, 6.45) is 0. The van der Waals surface area contributed by atoms with Gasteiger partial charge in [0.25, 0.3) is 0 Å². The summed E-state index contributed by atoms with van der Waals surface area (Å²) in [4.78, 5) is 6.95. The minimum Gasteiger partial charge on any atom is -0.346 e. The molecule has 0 saturated carbocycles. The number of amidine groups is 1. The Labute approximate surface area is 65.7 Å². The van der Waals surface area contributed by atoms with Crippen molar-refractivity contribution in [2.45, 2.75) is 25.9 Å². The number of aliphatic imine (C=N–C) groups is 1. The highest BCUT2D eigenvalue weighted by atomic mass is 32.2. The van der Waals surface area contributed by atoms with Crippen LogP contribution in [0.1, 0.15) is 13.8 Å². The lowest BCUT2D eigenvalue weighted by Crippen LogP contribution is -2.33. The molecule has 1 saturated heterocycles. The Morgan fingerprint density at radius 1 is 1.60 bits per heavy atom. The van der Waals surface area contributed by atoms with E-state index in [1.54, 1.807) is 0 Å². The second-order valence-corrected chi connectivity index (χ2v) is 4.00. The van der Waals surface area contributed by atoms with Crippen molar-refractivity contribution in [2.75, 3.05) is 12.3 Å². The molecule has 2 unspecified atom stereocenters. The van der Waals surface area contributed by atoms with Crippen molar-refractivity contribution in [3.8, 4) is 0 Å².